The van der Waals surface area contributed by atoms with Crippen molar-refractivity contribution in [1.82, 2.24) is 0 Å². The topological polar surface area (TPSA) is 46.2 Å². The molecule has 0 aromatic rings. The minimum absolute atomic E-state index is 1.21. The van der Waals surface area contributed by atoms with Gasteiger partial charge in [-0.3, -0.25) is 0 Å². The van der Waals surface area contributed by atoms with E-state index in [9.17, 15) is 4.39 Å². The molecule has 0 rings (SSSR count). The molecule has 0 aliphatic carbocycles. The SMILES string of the molecule is CC(F)C(C)(N)O. The minimum Gasteiger partial charge on any atom is -0.373 e. The number of hydrogen-bond donors (Lipinski definition) is 2. The van der Waals surface area contributed by atoms with Gasteiger partial charge in [-0.05, 0) is 13.8 Å². The summed E-state index contributed by atoms with van der Waals surface area (Å²) in [7, 11) is 0. The molecule has 2 nitrogen and oxygen atoms in total. The molecule has 7 heavy (non-hydrogen) atoms. The lowest BCUT2D eigenvalue weighted by Gasteiger charge is -2.17. The number of rotatable bonds is 1. The van der Waals surface area contributed by atoms with Crippen LogP contribution in [-0.4, -0.2) is 17.0 Å². The highest BCUT2D eigenvalue weighted by Crippen LogP contribution is 2.03. The molecule has 0 aromatic heterocycles. The van der Waals surface area contributed by atoms with Gasteiger partial charge in [0.2, 0.25) is 0 Å². The third-order valence-electron chi connectivity index (χ3n) is 0.805. The van der Waals surface area contributed by atoms with E-state index in [4.69, 9.17) is 10.8 Å². The fourth-order valence-corrected chi connectivity index (χ4v) is 0. The zero-order valence-corrected chi connectivity index (χ0v) is 4.48. The summed E-state index contributed by atoms with van der Waals surface area (Å²) < 4.78 is 11.8. The van der Waals surface area contributed by atoms with Crippen molar-refractivity contribution in [2.24, 2.45) is 5.73 Å². The second-order valence-corrected chi connectivity index (χ2v) is 1.84. The zero-order chi connectivity index (χ0) is 6.08. The summed E-state index contributed by atoms with van der Waals surface area (Å²) in [4.78, 5) is 0. The Morgan fingerprint density at radius 1 is 1.86 bits per heavy atom. The molecule has 0 bridgehead atoms. The van der Waals surface area contributed by atoms with Crippen LogP contribution in [0, 0.1) is 0 Å². The van der Waals surface area contributed by atoms with Gasteiger partial charge in [-0.2, -0.15) is 0 Å². The van der Waals surface area contributed by atoms with Gasteiger partial charge in [-0.25, -0.2) is 4.39 Å². The molecule has 0 saturated heterocycles. The zero-order valence-electron chi connectivity index (χ0n) is 4.48. The minimum atomic E-state index is -1.67. The van der Waals surface area contributed by atoms with Crippen molar-refractivity contribution in [1.29, 1.82) is 0 Å². The van der Waals surface area contributed by atoms with E-state index in [1.165, 1.54) is 13.8 Å². The molecule has 0 amide bonds. The summed E-state index contributed by atoms with van der Waals surface area (Å²) >= 11 is 0. The summed E-state index contributed by atoms with van der Waals surface area (Å²) in [6, 6.07) is 0. The molecule has 2 unspecified atom stereocenters. The fraction of sp³-hybridized carbons (Fsp3) is 1.00. The van der Waals surface area contributed by atoms with Gasteiger partial charge in [0.05, 0.1) is 0 Å². The van der Waals surface area contributed by atoms with Crippen LogP contribution in [0.2, 0.25) is 0 Å². The van der Waals surface area contributed by atoms with Crippen molar-refractivity contribution < 1.29 is 9.50 Å². The van der Waals surface area contributed by atoms with Crippen molar-refractivity contribution in [2.75, 3.05) is 0 Å². The Kier molecular flexibility index (Phi) is 1.72. The molecule has 44 valence electrons. The Morgan fingerprint density at radius 3 is 2.00 bits per heavy atom. The smallest absolute Gasteiger partial charge is 0.141 e. The molecule has 0 spiro atoms. The molecular weight excluding hydrogens is 97.0 g/mol. The van der Waals surface area contributed by atoms with Crippen molar-refractivity contribution in [3.8, 4) is 0 Å². The summed E-state index contributed by atoms with van der Waals surface area (Å²) in [5, 5.41) is 8.50. The highest BCUT2D eigenvalue weighted by Gasteiger charge is 2.21. The van der Waals surface area contributed by atoms with Crippen LogP contribution in [0.4, 0.5) is 4.39 Å². The molecule has 0 fully saturated rings. The summed E-state index contributed by atoms with van der Waals surface area (Å²) in [5.74, 6) is 0. The van der Waals surface area contributed by atoms with Crippen LogP contribution >= 0.6 is 0 Å². The molecule has 0 heterocycles. The van der Waals surface area contributed by atoms with E-state index in [1.807, 2.05) is 0 Å². The standard InChI is InChI=1S/C4H10FNO/c1-3(5)4(2,6)7/h3,7H,6H2,1-2H3. The maximum absolute atomic E-state index is 11.8. The average molecular weight is 107 g/mol. The van der Waals surface area contributed by atoms with Crippen molar-refractivity contribution in [3.63, 3.8) is 0 Å². The van der Waals surface area contributed by atoms with Crippen LogP contribution in [0.1, 0.15) is 13.8 Å². The van der Waals surface area contributed by atoms with Gasteiger partial charge in [0, 0.05) is 0 Å². The third kappa shape index (κ3) is 2.53. The molecule has 0 aromatic carbocycles. The Bertz CT molecular complexity index is 57.2. The number of hydrogen-bond acceptors (Lipinski definition) is 2. The van der Waals surface area contributed by atoms with Gasteiger partial charge in [-0.15, -0.1) is 0 Å². The number of aliphatic hydroxyl groups is 1. The Hall–Kier alpha value is -0.150. The highest BCUT2D eigenvalue weighted by molar-refractivity contribution is 4.69. The van der Waals surface area contributed by atoms with E-state index in [0.29, 0.717) is 0 Å². The molecule has 2 atom stereocenters. The monoisotopic (exact) mass is 107 g/mol. The van der Waals surface area contributed by atoms with Crippen LogP contribution in [0.5, 0.6) is 0 Å². The second kappa shape index (κ2) is 1.76. The molecule has 0 aliphatic heterocycles. The average Bonchev–Trinajstić information content (AvgIpc) is 1.31. The number of halogens is 1. The second-order valence-electron chi connectivity index (χ2n) is 1.84. The quantitative estimate of drug-likeness (QED) is 0.464. The first-order valence-electron chi connectivity index (χ1n) is 2.10. The molecule has 0 saturated carbocycles. The summed E-state index contributed by atoms with van der Waals surface area (Å²) in [6.45, 7) is 2.43. The van der Waals surface area contributed by atoms with Gasteiger partial charge in [0.25, 0.3) is 0 Å². The Labute approximate surface area is 42.1 Å². The fourth-order valence-electron chi connectivity index (χ4n) is 0. The van der Waals surface area contributed by atoms with Crippen molar-refractivity contribution >= 4 is 0 Å². The van der Waals surface area contributed by atoms with Gasteiger partial charge in [0.1, 0.15) is 11.9 Å². The van der Waals surface area contributed by atoms with Gasteiger partial charge >= 0.3 is 0 Å². The van der Waals surface area contributed by atoms with E-state index in [1.54, 1.807) is 0 Å². The first-order valence-corrected chi connectivity index (χ1v) is 2.10. The van der Waals surface area contributed by atoms with Crippen LogP contribution < -0.4 is 5.73 Å². The van der Waals surface area contributed by atoms with Gasteiger partial charge in [-0.1, -0.05) is 0 Å². The van der Waals surface area contributed by atoms with Crippen molar-refractivity contribution in [3.05, 3.63) is 0 Å². The molecule has 0 radical (unpaired) electrons. The highest BCUT2D eigenvalue weighted by atomic mass is 19.1. The molecule has 3 heteroatoms. The van der Waals surface area contributed by atoms with Crippen LogP contribution in [0.3, 0.4) is 0 Å². The van der Waals surface area contributed by atoms with Gasteiger partial charge < -0.3 is 10.8 Å². The molecular formula is C4H10FNO. The van der Waals surface area contributed by atoms with E-state index >= 15 is 0 Å². The largest absolute Gasteiger partial charge is 0.373 e. The maximum Gasteiger partial charge on any atom is 0.141 e. The normalized spacial score (nSPS) is 23.6. The first-order chi connectivity index (χ1) is 2.94. The maximum atomic E-state index is 11.8. The first kappa shape index (κ1) is 6.85. The Balaban J connectivity index is 3.54. The van der Waals surface area contributed by atoms with Crippen molar-refractivity contribution in [2.45, 2.75) is 25.7 Å². The number of alkyl halides is 1. The molecule has 0 aliphatic rings. The van der Waals surface area contributed by atoms with Gasteiger partial charge in [0.15, 0.2) is 0 Å². The van der Waals surface area contributed by atoms with E-state index in [0.717, 1.165) is 0 Å². The van der Waals surface area contributed by atoms with Crippen LogP contribution in [-0.2, 0) is 0 Å². The summed E-state index contributed by atoms with van der Waals surface area (Å²) in [6.07, 6.45) is -1.37. The predicted molar refractivity (Wildman–Crippen MR) is 25.4 cm³/mol. The lowest BCUT2D eigenvalue weighted by molar-refractivity contribution is -0.00546. The van der Waals surface area contributed by atoms with Crippen LogP contribution in [0.25, 0.3) is 0 Å². The summed E-state index contributed by atoms with van der Waals surface area (Å²) in [5.41, 5.74) is 3.19. The van der Waals surface area contributed by atoms with Crippen LogP contribution in [0.15, 0.2) is 0 Å². The third-order valence-corrected chi connectivity index (χ3v) is 0.805. The lowest BCUT2D eigenvalue weighted by atomic mass is 10.2. The molecule has 3 N–H and O–H groups in total. The lowest BCUT2D eigenvalue weighted by Crippen LogP contribution is -2.43. The van der Waals surface area contributed by atoms with E-state index < -0.39 is 11.9 Å². The van der Waals surface area contributed by atoms with E-state index in [2.05, 4.69) is 0 Å². The Morgan fingerprint density at radius 2 is 2.00 bits per heavy atom. The van der Waals surface area contributed by atoms with E-state index in [-0.39, 0.29) is 0 Å². The predicted octanol–water partition coefficient (Wildman–Crippen LogP) is 0.0116. The number of nitrogens with two attached hydrogens (primary N) is 1.